The van der Waals surface area contributed by atoms with Crippen LogP contribution in [0.5, 0.6) is 0 Å². The molecule has 0 radical (unpaired) electrons. The zero-order chi connectivity index (χ0) is 6.46. The molecule has 6 atom stereocenters. The predicted molar refractivity (Wildman–Crippen MR) is 35.2 cm³/mol. The lowest BCUT2D eigenvalue weighted by Crippen LogP contribution is -2.11. The number of rotatable bonds is 0. The number of hydrogen-bond donors (Lipinski definition) is 0. The van der Waals surface area contributed by atoms with Crippen molar-refractivity contribution in [2.24, 2.45) is 35.5 Å². The van der Waals surface area contributed by atoms with Crippen LogP contribution in [0.3, 0.4) is 0 Å². The average molecular weight is 134 g/mol. The van der Waals surface area contributed by atoms with Crippen molar-refractivity contribution in [1.82, 2.24) is 0 Å². The molecule has 1 nitrogen and oxygen atoms in total. The zero-order valence-electron chi connectivity index (χ0n) is 5.79. The Kier molecular flexibility index (Phi) is 0.449. The van der Waals surface area contributed by atoms with Crippen molar-refractivity contribution < 1.29 is 4.79 Å². The predicted octanol–water partition coefficient (Wildman–Crippen LogP) is 1.09. The Hall–Kier alpha value is -0.330. The largest absolute Gasteiger partial charge is 0.299 e. The molecule has 0 aromatic carbocycles. The monoisotopic (exact) mass is 134 g/mol. The minimum atomic E-state index is 0.583. The van der Waals surface area contributed by atoms with Gasteiger partial charge in [-0.25, -0.2) is 0 Å². The molecular weight excluding hydrogens is 124 g/mol. The molecular formula is C9H10O. The standard InChI is InChI=1S/C9H10O/c10-6-2-4-3-1-5-7(4)9(5)8(3)6/h3-5,7-9H,1-2H2/t3-,4+,5+,7-,8-,9+/m0/s1. The van der Waals surface area contributed by atoms with Gasteiger partial charge in [-0.15, -0.1) is 0 Å². The molecule has 6 bridgehead atoms. The maximum Gasteiger partial charge on any atom is 0.136 e. The lowest BCUT2D eigenvalue weighted by atomic mass is 10.00. The summed E-state index contributed by atoms with van der Waals surface area (Å²) in [5, 5.41) is 0. The fraction of sp³-hybridized carbons (Fsp3) is 0.889. The summed E-state index contributed by atoms with van der Waals surface area (Å²) in [4.78, 5) is 11.3. The number of Topliss-reactive ketones (excluding diaryl/α,β-unsaturated/α-hetero) is 1. The molecule has 5 aliphatic rings. The third kappa shape index (κ3) is 0.240. The van der Waals surface area contributed by atoms with E-state index in [0.717, 1.165) is 36.0 Å². The van der Waals surface area contributed by atoms with Gasteiger partial charge >= 0.3 is 0 Å². The van der Waals surface area contributed by atoms with E-state index in [1.807, 2.05) is 0 Å². The fourth-order valence-corrected chi connectivity index (χ4v) is 4.43. The van der Waals surface area contributed by atoms with Crippen molar-refractivity contribution in [3.05, 3.63) is 0 Å². The Morgan fingerprint density at radius 1 is 1.10 bits per heavy atom. The molecule has 5 rings (SSSR count). The lowest BCUT2D eigenvalue weighted by molar-refractivity contribution is -0.122. The number of hydrogen-bond acceptors (Lipinski definition) is 1. The summed E-state index contributed by atoms with van der Waals surface area (Å²) in [5.41, 5.74) is 0. The average Bonchev–Trinajstić information content (AvgIpc) is 2.34. The molecule has 0 aromatic rings. The summed E-state index contributed by atoms with van der Waals surface area (Å²) in [6.07, 6.45) is 2.39. The highest BCUT2D eigenvalue weighted by atomic mass is 16.1. The van der Waals surface area contributed by atoms with Crippen molar-refractivity contribution >= 4 is 5.78 Å². The van der Waals surface area contributed by atoms with Gasteiger partial charge in [0, 0.05) is 12.3 Å². The van der Waals surface area contributed by atoms with E-state index in [1.54, 1.807) is 0 Å². The van der Waals surface area contributed by atoms with Crippen LogP contribution in [-0.4, -0.2) is 5.78 Å². The molecule has 0 heterocycles. The molecule has 5 saturated carbocycles. The molecule has 0 unspecified atom stereocenters. The molecule has 10 heavy (non-hydrogen) atoms. The van der Waals surface area contributed by atoms with E-state index >= 15 is 0 Å². The molecule has 0 N–H and O–H groups in total. The molecule has 0 aliphatic heterocycles. The van der Waals surface area contributed by atoms with Gasteiger partial charge in [0.1, 0.15) is 5.78 Å². The Labute approximate surface area is 59.8 Å². The quantitative estimate of drug-likeness (QED) is 0.484. The van der Waals surface area contributed by atoms with Crippen molar-refractivity contribution in [2.75, 3.05) is 0 Å². The van der Waals surface area contributed by atoms with Gasteiger partial charge in [0.15, 0.2) is 0 Å². The number of ketones is 1. The Morgan fingerprint density at radius 2 is 2.00 bits per heavy atom. The normalized spacial score (nSPS) is 73.4. The molecule has 0 spiro atoms. The Morgan fingerprint density at radius 3 is 2.50 bits per heavy atom. The van der Waals surface area contributed by atoms with Gasteiger partial charge in [0.25, 0.3) is 0 Å². The van der Waals surface area contributed by atoms with Crippen LogP contribution >= 0.6 is 0 Å². The van der Waals surface area contributed by atoms with E-state index in [0.29, 0.717) is 11.7 Å². The van der Waals surface area contributed by atoms with Crippen LogP contribution in [0.1, 0.15) is 12.8 Å². The van der Waals surface area contributed by atoms with Gasteiger partial charge in [0.05, 0.1) is 0 Å². The Balaban J connectivity index is 2.00. The molecule has 5 fully saturated rings. The minimum absolute atomic E-state index is 0.583. The van der Waals surface area contributed by atoms with Gasteiger partial charge in [-0.05, 0) is 36.0 Å². The van der Waals surface area contributed by atoms with E-state index < -0.39 is 0 Å². The SMILES string of the molecule is O=C1C[C@@H]2[C@@H]3C[C@@H]4[C@H]2[C@@H]4[C@H]13. The highest BCUT2D eigenvalue weighted by Crippen LogP contribution is 2.79. The molecule has 52 valence electrons. The topological polar surface area (TPSA) is 17.1 Å². The van der Waals surface area contributed by atoms with E-state index in [2.05, 4.69) is 0 Å². The van der Waals surface area contributed by atoms with E-state index in [4.69, 9.17) is 0 Å². The minimum Gasteiger partial charge on any atom is -0.299 e. The number of carbonyl (C=O) groups is 1. The third-order valence-electron chi connectivity index (χ3n) is 4.57. The van der Waals surface area contributed by atoms with Crippen LogP contribution < -0.4 is 0 Å². The van der Waals surface area contributed by atoms with Crippen LogP contribution in [0.2, 0.25) is 0 Å². The van der Waals surface area contributed by atoms with Crippen LogP contribution in [0.4, 0.5) is 0 Å². The highest BCUT2D eigenvalue weighted by Gasteiger charge is 2.77. The highest BCUT2D eigenvalue weighted by molar-refractivity contribution is 5.87. The van der Waals surface area contributed by atoms with Crippen LogP contribution in [-0.2, 0) is 4.79 Å². The van der Waals surface area contributed by atoms with E-state index in [1.165, 1.54) is 6.42 Å². The van der Waals surface area contributed by atoms with Crippen LogP contribution in [0.15, 0.2) is 0 Å². The molecule has 1 heteroatoms. The maximum atomic E-state index is 11.3. The second-order valence-corrected chi connectivity index (χ2v) is 4.58. The molecule has 0 amide bonds. The second-order valence-electron chi connectivity index (χ2n) is 4.58. The number of carbonyl (C=O) groups excluding carboxylic acids is 1. The summed E-state index contributed by atoms with van der Waals surface area (Å²) >= 11 is 0. The van der Waals surface area contributed by atoms with Crippen molar-refractivity contribution in [3.8, 4) is 0 Å². The van der Waals surface area contributed by atoms with Crippen molar-refractivity contribution in [2.45, 2.75) is 12.8 Å². The third-order valence-corrected chi connectivity index (χ3v) is 4.57. The van der Waals surface area contributed by atoms with Gasteiger partial charge in [-0.2, -0.15) is 0 Å². The maximum absolute atomic E-state index is 11.3. The van der Waals surface area contributed by atoms with Crippen molar-refractivity contribution in [1.29, 1.82) is 0 Å². The van der Waals surface area contributed by atoms with Gasteiger partial charge in [-0.3, -0.25) is 4.79 Å². The second kappa shape index (κ2) is 0.992. The van der Waals surface area contributed by atoms with Gasteiger partial charge in [0.2, 0.25) is 0 Å². The summed E-state index contributed by atoms with van der Waals surface area (Å²) in [6, 6.07) is 0. The summed E-state index contributed by atoms with van der Waals surface area (Å²) < 4.78 is 0. The molecule has 0 aromatic heterocycles. The van der Waals surface area contributed by atoms with Crippen molar-refractivity contribution in [3.63, 3.8) is 0 Å². The van der Waals surface area contributed by atoms with Crippen LogP contribution in [0.25, 0.3) is 0 Å². The first-order valence-corrected chi connectivity index (χ1v) is 4.40. The first-order chi connectivity index (χ1) is 4.88. The summed E-state index contributed by atoms with van der Waals surface area (Å²) in [5.74, 6) is 5.96. The first-order valence-electron chi connectivity index (χ1n) is 4.40. The summed E-state index contributed by atoms with van der Waals surface area (Å²) in [7, 11) is 0. The molecule has 5 aliphatic carbocycles. The summed E-state index contributed by atoms with van der Waals surface area (Å²) in [6.45, 7) is 0. The molecule has 0 saturated heterocycles. The zero-order valence-corrected chi connectivity index (χ0v) is 5.79. The first kappa shape index (κ1) is 4.53. The van der Waals surface area contributed by atoms with E-state index in [9.17, 15) is 4.79 Å². The smallest absolute Gasteiger partial charge is 0.136 e. The van der Waals surface area contributed by atoms with Gasteiger partial charge < -0.3 is 0 Å². The Bertz CT molecular complexity index is 245. The lowest BCUT2D eigenvalue weighted by Gasteiger charge is -2.03. The van der Waals surface area contributed by atoms with Gasteiger partial charge in [-0.1, -0.05) is 0 Å². The van der Waals surface area contributed by atoms with Crippen LogP contribution in [0, 0.1) is 35.5 Å². The van der Waals surface area contributed by atoms with E-state index in [-0.39, 0.29) is 0 Å². The fourth-order valence-electron chi connectivity index (χ4n) is 4.43.